The van der Waals surface area contributed by atoms with E-state index >= 15 is 0 Å². The molecule has 0 spiro atoms. The molecular weight excluding hydrogens is 234 g/mol. The SMILES string of the molecule is Cc1cc(NC(=O)C2CCCS2)c(C)cc1O. The first-order valence-electron chi connectivity index (χ1n) is 5.80. The fourth-order valence-corrected chi connectivity index (χ4v) is 3.09. The summed E-state index contributed by atoms with van der Waals surface area (Å²) in [5.74, 6) is 1.43. The van der Waals surface area contributed by atoms with Crippen LogP contribution in [-0.4, -0.2) is 22.0 Å². The first-order chi connectivity index (χ1) is 8.08. The lowest BCUT2D eigenvalue weighted by Gasteiger charge is -2.13. The van der Waals surface area contributed by atoms with Gasteiger partial charge in [0.2, 0.25) is 5.91 Å². The van der Waals surface area contributed by atoms with Crippen LogP contribution in [0.4, 0.5) is 5.69 Å². The van der Waals surface area contributed by atoms with Gasteiger partial charge >= 0.3 is 0 Å². The van der Waals surface area contributed by atoms with Crippen molar-refractivity contribution in [3.8, 4) is 5.75 Å². The van der Waals surface area contributed by atoms with Gasteiger partial charge in [-0.15, -0.1) is 11.8 Å². The Hall–Kier alpha value is -1.16. The van der Waals surface area contributed by atoms with Crippen LogP contribution in [0.15, 0.2) is 12.1 Å². The van der Waals surface area contributed by atoms with Crippen LogP contribution in [0.3, 0.4) is 0 Å². The normalized spacial score (nSPS) is 19.3. The minimum Gasteiger partial charge on any atom is -0.508 e. The number of phenolic OH excluding ortho intramolecular Hbond substituents is 1. The highest BCUT2D eigenvalue weighted by molar-refractivity contribution is 8.00. The minimum absolute atomic E-state index is 0.0840. The molecule has 1 fully saturated rings. The average molecular weight is 251 g/mol. The molecule has 3 nitrogen and oxygen atoms in total. The first kappa shape index (κ1) is 12.3. The van der Waals surface area contributed by atoms with E-state index in [0.29, 0.717) is 0 Å². The van der Waals surface area contributed by atoms with Crippen LogP contribution in [0.1, 0.15) is 24.0 Å². The Morgan fingerprint density at radius 2 is 2.18 bits per heavy atom. The molecule has 1 heterocycles. The van der Waals surface area contributed by atoms with Crippen molar-refractivity contribution in [1.82, 2.24) is 0 Å². The number of thioether (sulfide) groups is 1. The van der Waals surface area contributed by atoms with Crippen LogP contribution in [0, 0.1) is 13.8 Å². The lowest BCUT2D eigenvalue weighted by Crippen LogP contribution is -2.23. The fourth-order valence-electron chi connectivity index (χ4n) is 1.93. The van der Waals surface area contributed by atoms with E-state index in [9.17, 15) is 9.90 Å². The Labute approximate surface area is 106 Å². The molecule has 17 heavy (non-hydrogen) atoms. The molecule has 92 valence electrons. The number of amides is 1. The number of anilines is 1. The summed E-state index contributed by atoms with van der Waals surface area (Å²) in [6.45, 7) is 3.71. The minimum atomic E-state index is 0.0840. The van der Waals surface area contributed by atoms with E-state index in [2.05, 4.69) is 5.32 Å². The molecule has 1 aromatic rings. The maximum atomic E-state index is 12.0. The highest BCUT2D eigenvalue weighted by Gasteiger charge is 2.23. The van der Waals surface area contributed by atoms with E-state index in [1.54, 1.807) is 17.8 Å². The van der Waals surface area contributed by atoms with Gasteiger partial charge in [-0.2, -0.15) is 0 Å². The van der Waals surface area contributed by atoms with Crippen molar-refractivity contribution in [2.75, 3.05) is 11.1 Å². The molecule has 0 bridgehead atoms. The van der Waals surface area contributed by atoms with Crippen LogP contribution in [0.25, 0.3) is 0 Å². The van der Waals surface area contributed by atoms with Gasteiger partial charge in [-0.05, 0) is 55.7 Å². The third-order valence-electron chi connectivity index (χ3n) is 3.02. The van der Waals surface area contributed by atoms with Gasteiger partial charge in [0.05, 0.1) is 5.25 Å². The maximum absolute atomic E-state index is 12.0. The van der Waals surface area contributed by atoms with Gasteiger partial charge < -0.3 is 10.4 Å². The summed E-state index contributed by atoms with van der Waals surface area (Å²) in [5.41, 5.74) is 2.48. The van der Waals surface area contributed by atoms with Crippen LogP contribution in [0.2, 0.25) is 0 Å². The molecule has 1 aliphatic rings. The fraction of sp³-hybridized carbons (Fsp3) is 0.462. The third kappa shape index (κ3) is 2.75. The molecule has 0 aliphatic carbocycles. The number of hydrogen-bond acceptors (Lipinski definition) is 3. The van der Waals surface area contributed by atoms with E-state index in [-0.39, 0.29) is 16.9 Å². The molecule has 1 aromatic carbocycles. The molecule has 0 radical (unpaired) electrons. The van der Waals surface area contributed by atoms with Crippen molar-refractivity contribution < 1.29 is 9.90 Å². The van der Waals surface area contributed by atoms with Gasteiger partial charge in [0.1, 0.15) is 5.75 Å². The molecule has 2 N–H and O–H groups in total. The lowest BCUT2D eigenvalue weighted by molar-refractivity contribution is -0.115. The van der Waals surface area contributed by atoms with Crippen LogP contribution in [0.5, 0.6) is 5.75 Å². The Kier molecular flexibility index (Phi) is 3.62. The Morgan fingerprint density at radius 1 is 1.41 bits per heavy atom. The number of carbonyl (C=O) groups excluding carboxylic acids is 1. The van der Waals surface area contributed by atoms with E-state index < -0.39 is 0 Å². The molecule has 1 aliphatic heterocycles. The predicted octanol–water partition coefficient (Wildman–Crippen LogP) is 2.84. The van der Waals surface area contributed by atoms with Gasteiger partial charge in [-0.3, -0.25) is 4.79 Å². The van der Waals surface area contributed by atoms with Gasteiger partial charge in [0, 0.05) is 5.69 Å². The highest BCUT2D eigenvalue weighted by Crippen LogP contribution is 2.29. The van der Waals surface area contributed by atoms with Gasteiger partial charge in [-0.1, -0.05) is 0 Å². The van der Waals surface area contributed by atoms with E-state index in [1.165, 1.54) is 0 Å². The zero-order chi connectivity index (χ0) is 12.4. The zero-order valence-electron chi connectivity index (χ0n) is 10.1. The molecule has 4 heteroatoms. The predicted molar refractivity (Wildman–Crippen MR) is 71.7 cm³/mol. The second-order valence-corrected chi connectivity index (χ2v) is 5.76. The molecule has 1 amide bonds. The quantitative estimate of drug-likeness (QED) is 0.795. The number of benzene rings is 1. The lowest BCUT2D eigenvalue weighted by atomic mass is 10.1. The van der Waals surface area contributed by atoms with Crippen molar-refractivity contribution in [3.63, 3.8) is 0 Å². The van der Waals surface area contributed by atoms with Gasteiger partial charge in [0.25, 0.3) is 0 Å². The Balaban J connectivity index is 2.12. The molecule has 0 saturated carbocycles. The van der Waals surface area contributed by atoms with E-state index in [1.807, 2.05) is 19.9 Å². The van der Waals surface area contributed by atoms with Crippen LogP contribution < -0.4 is 5.32 Å². The summed E-state index contributed by atoms with van der Waals surface area (Å²) in [4.78, 5) is 12.0. The number of aromatic hydroxyl groups is 1. The summed E-state index contributed by atoms with van der Waals surface area (Å²) in [6, 6.07) is 3.51. The van der Waals surface area contributed by atoms with Crippen LogP contribution in [-0.2, 0) is 4.79 Å². The molecular formula is C13H17NO2S. The number of rotatable bonds is 2. The number of aryl methyl sites for hydroxylation is 2. The van der Waals surface area contributed by atoms with Crippen LogP contribution >= 0.6 is 11.8 Å². The largest absolute Gasteiger partial charge is 0.508 e. The molecule has 0 aromatic heterocycles. The number of hydrogen-bond donors (Lipinski definition) is 2. The summed E-state index contributed by atoms with van der Waals surface area (Å²) in [5, 5.41) is 12.6. The van der Waals surface area contributed by atoms with Crippen molar-refractivity contribution >= 4 is 23.4 Å². The van der Waals surface area contributed by atoms with Crippen molar-refractivity contribution in [2.24, 2.45) is 0 Å². The molecule has 1 unspecified atom stereocenters. The third-order valence-corrected chi connectivity index (χ3v) is 4.40. The van der Waals surface area contributed by atoms with Gasteiger partial charge in [-0.25, -0.2) is 0 Å². The second-order valence-electron chi connectivity index (χ2n) is 4.44. The Morgan fingerprint density at radius 3 is 2.82 bits per heavy atom. The first-order valence-corrected chi connectivity index (χ1v) is 6.85. The molecule has 2 rings (SSSR count). The van der Waals surface area contributed by atoms with E-state index in [0.717, 1.165) is 35.4 Å². The van der Waals surface area contributed by atoms with Crippen molar-refractivity contribution in [1.29, 1.82) is 0 Å². The molecule has 1 saturated heterocycles. The van der Waals surface area contributed by atoms with Gasteiger partial charge in [0.15, 0.2) is 0 Å². The Bertz CT molecular complexity index is 439. The van der Waals surface area contributed by atoms with Crippen molar-refractivity contribution in [3.05, 3.63) is 23.3 Å². The topological polar surface area (TPSA) is 49.3 Å². The zero-order valence-corrected chi connectivity index (χ0v) is 10.9. The summed E-state index contributed by atoms with van der Waals surface area (Å²) < 4.78 is 0. The second kappa shape index (κ2) is 5.00. The average Bonchev–Trinajstić information content (AvgIpc) is 2.79. The molecule has 1 atom stereocenters. The standard InChI is InChI=1S/C13H17NO2S/c1-8-7-11(15)9(2)6-10(8)14-13(16)12-4-3-5-17-12/h6-7,12,15H,3-5H2,1-2H3,(H,14,16). The summed E-state index contributed by atoms with van der Waals surface area (Å²) in [7, 11) is 0. The summed E-state index contributed by atoms with van der Waals surface area (Å²) >= 11 is 1.72. The number of nitrogens with one attached hydrogen (secondary N) is 1. The number of carbonyl (C=O) groups is 1. The van der Waals surface area contributed by atoms with Crippen molar-refractivity contribution in [2.45, 2.75) is 31.9 Å². The highest BCUT2D eigenvalue weighted by atomic mass is 32.2. The summed E-state index contributed by atoms with van der Waals surface area (Å²) in [6.07, 6.45) is 2.09. The van der Waals surface area contributed by atoms with E-state index in [4.69, 9.17) is 0 Å². The maximum Gasteiger partial charge on any atom is 0.237 e. The smallest absolute Gasteiger partial charge is 0.237 e. The monoisotopic (exact) mass is 251 g/mol. The number of phenols is 1.